The molecule has 152 valence electrons. The van der Waals surface area contributed by atoms with E-state index in [0.29, 0.717) is 45.9 Å². The number of hydrogen-bond donors (Lipinski definition) is 1. The number of rotatable bonds is 3. The second-order valence-electron chi connectivity index (χ2n) is 8.60. The molecule has 7 nitrogen and oxygen atoms in total. The van der Waals surface area contributed by atoms with Crippen molar-refractivity contribution < 1.29 is 24.2 Å². The van der Waals surface area contributed by atoms with Crippen molar-refractivity contribution >= 4 is 11.9 Å². The molecule has 2 saturated heterocycles. The Morgan fingerprint density at radius 3 is 2.64 bits per heavy atom. The van der Waals surface area contributed by atoms with Crippen molar-refractivity contribution in [1.82, 2.24) is 9.80 Å². The lowest BCUT2D eigenvalue weighted by molar-refractivity contribution is -0.151. The Labute approximate surface area is 165 Å². The minimum Gasteiger partial charge on any atom is -0.493 e. The van der Waals surface area contributed by atoms with Gasteiger partial charge in [0, 0.05) is 32.1 Å². The van der Waals surface area contributed by atoms with Crippen LogP contribution in [0.5, 0.6) is 5.75 Å². The molecule has 7 heteroatoms. The minimum atomic E-state index is -1.01. The molecule has 4 rings (SSSR count). The first-order valence-electron chi connectivity index (χ1n) is 9.91. The monoisotopic (exact) mass is 388 g/mol. The normalized spacial score (nSPS) is 28.1. The Bertz CT molecular complexity index is 774. The number of amides is 1. The number of carboxylic acids is 1. The predicted molar refractivity (Wildman–Crippen MR) is 102 cm³/mol. The van der Waals surface area contributed by atoms with Crippen LogP contribution in [0.1, 0.15) is 19.4 Å². The zero-order valence-electron chi connectivity index (χ0n) is 16.5. The maximum absolute atomic E-state index is 13.4. The van der Waals surface area contributed by atoms with Crippen LogP contribution >= 0.6 is 0 Å². The van der Waals surface area contributed by atoms with Crippen LogP contribution in [-0.2, 0) is 20.7 Å². The van der Waals surface area contributed by atoms with Crippen molar-refractivity contribution in [3.8, 4) is 5.75 Å². The summed E-state index contributed by atoms with van der Waals surface area (Å²) >= 11 is 0. The number of likely N-dealkylation sites (tertiary alicyclic amines) is 1. The number of para-hydroxylation sites is 1. The van der Waals surface area contributed by atoms with Crippen LogP contribution in [-0.4, -0.2) is 78.3 Å². The van der Waals surface area contributed by atoms with Gasteiger partial charge in [-0.3, -0.25) is 14.5 Å². The molecular formula is C21H28N2O5. The number of carbonyl (C=O) groups excluding carboxylic acids is 1. The fraction of sp³-hybridized carbons (Fsp3) is 0.619. The standard InChI is InChI=1S/C21H28N2O5/c1-20(2,23-7-9-27-10-8-23)18(24)22-12-16-13-28-17-6-4-3-5-15(17)11-21(16,14-22)19(25)26/h3-6,16H,7-14H2,1-2H3,(H,25,26)/t16-,21+/m0/s1. The number of hydrogen-bond acceptors (Lipinski definition) is 5. The molecule has 28 heavy (non-hydrogen) atoms. The van der Waals surface area contributed by atoms with E-state index in [1.165, 1.54) is 0 Å². The van der Waals surface area contributed by atoms with Crippen molar-refractivity contribution in [1.29, 1.82) is 0 Å². The van der Waals surface area contributed by atoms with E-state index in [1.807, 2.05) is 38.1 Å². The van der Waals surface area contributed by atoms with Crippen molar-refractivity contribution in [3.05, 3.63) is 29.8 Å². The number of fused-ring (bicyclic) bond motifs is 2. The summed E-state index contributed by atoms with van der Waals surface area (Å²) in [5, 5.41) is 10.2. The lowest BCUT2D eigenvalue weighted by Gasteiger charge is -2.41. The largest absolute Gasteiger partial charge is 0.493 e. The number of benzene rings is 1. The summed E-state index contributed by atoms with van der Waals surface area (Å²) in [5.41, 5.74) is -0.802. The molecule has 3 aliphatic rings. The molecule has 0 aromatic heterocycles. The van der Waals surface area contributed by atoms with E-state index < -0.39 is 16.9 Å². The number of carbonyl (C=O) groups is 2. The first-order chi connectivity index (χ1) is 13.3. The van der Waals surface area contributed by atoms with Crippen LogP contribution in [0.15, 0.2) is 24.3 Å². The van der Waals surface area contributed by atoms with Crippen LogP contribution in [0.2, 0.25) is 0 Å². The van der Waals surface area contributed by atoms with Gasteiger partial charge in [0.15, 0.2) is 0 Å². The van der Waals surface area contributed by atoms with E-state index >= 15 is 0 Å². The Morgan fingerprint density at radius 2 is 1.93 bits per heavy atom. The van der Waals surface area contributed by atoms with E-state index in [9.17, 15) is 14.7 Å². The van der Waals surface area contributed by atoms with Crippen LogP contribution in [0.3, 0.4) is 0 Å². The van der Waals surface area contributed by atoms with Gasteiger partial charge in [-0.2, -0.15) is 0 Å². The highest BCUT2D eigenvalue weighted by molar-refractivity contribution is 5.87. The van der Waals surface area contributed by atoms with Gasteiger partial charge in [-0.05, 0) is 31.9 Å². The summed E-state index contributed by atoms with van der Waals surface area (Å²) in [4.78, 5) is 29.7. The summed E-state index contributed by atoms with van der Waals surface area (Å²) < 4.78 is 11.4. The smallest absolute Gasteiger partial charge is 0.312 e. The van der Waals surface area contributed by atoms with E-state index in [4.69, 9.17) is 9.47 Å². The van der Waals surface area contributed by atoms with Gasteiger partial charge in [-0.15, -0.1) is 0 Å². The molecule has 2 atom stereocenters. The Balaban J connectivity index is 1.60. The number of morpholine rings is 1. The van der Waals surface area contributed by atoms with Crippen LogP contribution in [0, 0.1) is 11.3 Å². The summed E-state index contributed by atoms with van der Waals surface area (Å²) in [6, 6.07) is 7.60. The molecule has 2 fully saturated rings. The lowest BCUT2D eigenvalue weighted by Crippen LogP contribution is -2.59. The third kappa shape index (κ3) is 3.06. The van der Waals surface area contributed by atoms with E-state index in [0.717, 1.165) is 11.3 Å². The molecule has 1 amide bonds. The van der Waals surface area contributed by atoms with Crippen molar-refractivity contribution in [2.75, 3.05) is 46.0 Å². The third-order valence-corrected chi connectivity index (χ3v) is 6.65. The fourth-order valence-corrected chi connectivity index (χ4v) is 4.83. The molecule has 3 heterocycles. The summed E-state index contributed by atoms with van der Waals surface area (Å²) in [6.45, 7) is 7.43. The summed E-state index contributed by atoms with van der Waals surface area (Å²) in [7, 11) is 0. The number of ether oxygens (including phenoxy) is 2. The lowest BCUT2D eigenvalue weighted by atomic mass is 9.74. The Morgan fingerprint density at radius 1 is 1.21 bits per heavy atom. The molecule has 0 unspecified atom stereocenters. The molecular weight excluding hydrogens is 360 g/mol. The first-order valence-corrected chi connectivity index (χ1v) is 9.91. The average Bonchev–Trinajstić information content (AvgIpc) is 2.99. The van der Waals surface area contributed by atoms with Gasteiger partial charge < -0.3 is 19.5 Å². The molecule has 0 saturated carbocycles. The maximum atomic E-state index is 13.4. The predicted octanol–water partition coefficient (Wildman–Crippen LogP) is 1.26. The number of carboxylic acid groups (broad SMARTS) is 1. The third-order valence-electron chi connectivity index (χ3n) is 6.65. The Kier molecular flexibility index (Phi) is 4.83. The molecule has 1 aromatic carbocycles. The molecule has 0 aliphatic carbocycles. The molecule has 0 bridgehead atoms. The number of aliphatic carboxylic acids is 1. The highest BCUT2D eigenvalue weighted by atomic mass is 16.5. The van der Waals surface area contributed by atoms with Crippen molar-refractivity contribution in [2.24, 2.45) is 11.3 Å². The summed E-state index contributed by atoms with van der Waals surface area (Å²) in [5.74, 6) is -0.348. The zero-order valence-corrected chi connectivity index (χ0v) is 16.5. The van der Waals surface area contributed by atoms with E-state index in [2.05, 4.69) is 4.90 Å². The van der Waals surface area contributed by atoms with Gasteiger partial charge in [0.05, 0.1) is 30.8 Å². The number of nitrogens with zero attached hydrogens (tertiary/aromatic N) is 2. The molecule has 1 aromatic rings. The van der Waals surface area contributed by atoms with Crippen molar-refractivity contribution in [2.45, 2.75) is 25.8 Å². The summed E-state index contributed by atoms with van der Waals surface area (Å²) in [6.07, 6.45) is 0.380. The van der Waals surface area contributed by atoms with Gasteiger partial charge in [0.2, 0.25) is 5.91 Å². The van der Waals surface area contributed by atoms with Crippen LogP contribution in [0.4, 0.5) is 0 Å². The molecule has 1 N–H and O–H groups in total. The van der Waals surface area contributed by atoms with Crippen LogP contribution < -0.4 is 4.74 Å². The van der Waals surface area contributed by atoms with Crippen LogP contribution in [0.25, 0.3) is 0 Å². The first kappa shape index (κ1) is 19.2. The molecule has 0 radical (unpaired) electrons. The van der Waals surface area contributed by atoms with Crippen molar-refractivity contribution in [3.63, 3.8) is 0 Å². The average molecular weight is 388 g/mol. The minimum absolute atomic E-state index is 0.0172. The van der Waals surface area contributed by atoms with Gasteiger partial charge in [-0.25, -0.2) is 0 Å². The highest BCUT2D eigenvalue weighted by Crippen LogP contribution is 2.44. The Hall–Kier alpha value is -2.12. The van der Waals surface area contributed by atoms with Gasteiger partial charge >= 0.3 is 5.97 Å². The van der Waals surface area contributed by atoms with Gasteiger partial charge in [-0.1, -0.05) is 18.2 Å². The second kappa shape index (κ2) is 7.04. The van der Waals surface area contributed by atoms with Gasteiger partial charge in [0.1, 0.15) is 5.75 Å². The highest BCUT2D eigenvalue weighted by Gasteiger charge is 2.56. The molecule has 3 aliphatic heterocycles. The maximum Gasteiger partial charge on any atom is 0.312 e. The topological polar surface area (TPSA) is 79.3 Å². The van der Waals surface area contributed by atoms with E-state index in [1.54, 1.807) is 4.90 Å². The van der Waals surface area contributed by atoms with Gasteiger partial charge in [0.25, 0.3) is 0 Å². The second-order valence-corrected chi connectivity index (χ2v) is 8.60. The zero-order chi connectivity index (χ0) is 19.9. The fourth-order valence-electron chi connectivity index (χ4n) is 4.83. The quantitative estimate of drug-likeness (QED) is 0.840. The molecule has 0 spiro atoms. The SMILES string of the molecule is CC(C)(C(=O)N1C[C@H]2COc3ccccc3C[C@@]2(C(=O)O)C1)N1CCOCC1. The van der Waals surface area contributed by atoms with E-state index in [-0.39, 0.29) is 18.4 Å².